The van der Waals surface area contributed by atoms with E-state index >= 15 is 0 Å². The third-order valence-electron chi connectivity index (χ3n) is 3.72. The van der Waals surface area contributed by atoms with Gasteiger partial charge in [0.05, 0.1) is 17.3 Å². The van der Waals surface area contributed by atoms with Gasteiger partial charge in [0, 0.05) is 16.2 Å². The number of hydrogen-bond donors (Lipinski definition) is 3. The first-order chi connectivity index (χ1) is 13.0. The van der Waals surface area contributed by atoms with Crippen LogP contribution >= 0.6 is 0 Å². The standard InChI is InChI=1S/C19H21N3O4S/c20-18(24)16(11-12-27(26)15-9-5-2-6-10-15)22-17(23)13-21-19(25)14-7-3-1-4-8-14/h1-10,16H,11-13H2,(H2,20,24)(H,21,25)(H,22,23)/t16-,27+/m0/s1. The number of amides is 3. The number of rotatable bonds is 9. The highest BCUT2D eigenvalue weighted by Crippen LogP contribution is 2.07. The molecule has 0 aliphatic heterocycles. The molecular formula is C19H21N3O4S. The van der Waals surface area contributed by atoms with Gasteiger partial charge in [-0.1, -0.05) is 36.4 Å². The van der Waals surface area contributed by atoms with Crippen molar-refractivity contribution in [1.29, 1.82) is 0 Å². The summed E-state index contributed by atoms with van der Waals surface area (Å²) in [5.41, 5.74) is 5.74. The van der Waals surface area contributed by atoms with Crippen molar-refractivity contribution in [1.82, 2.24) is 10.6 Å². The van der Waals surface area contributed by atoms with Gasteiger partial charge in [0.1, 0.15) is 6.04 Å². The SMILES string of the molecule is NC(=O)[C@H](CC[S@@](=O)c1ccccc1)NC(=O)CNC(=O)c1ccccc1. The molecule has 0 saturated heterocycles. The topological polar surface area (TPSA) is 118 Å². The van der Waals surface area contributed by atoms with E-state index in [4.69, 9.17) is 5.73 Å². The lowest BCUT2D eigenvalue weighted by Crippen LogP contribution is -2.48. The zero-order chi connectivity index (χ0) is 19.6. The van der Waals surface area contributed by atoms with Crippen molar-refractivity contribution in [3.8, 4) is 0 Å². The first-order valence-electron chi connectivity index (χ1n) is 8.32. The van der Waals surface area contributed by atoms with Gasteiger partial charge < -0.3 is 16.4 Å². The van der Waals surface area contributed by atoms with E-state index in [-0.39, 0.29) is 18.7 Å². The average Bonchev–Trinajstić information content (AvgIpc) is 2.70. The Morgan fingerprint density at radius 2 is 1.56 bits per heavy atom. The molecule has 2 aromatic rings. The summed E-state index contributed by atoms with van der Waals surface area (Å²) in [6.45, 7) is -0.292. The Labute approximate surface area is 159 Å². The normalized spacial score (nSPS) is 12.6. The lowest BCUT2D eigenvalue weighted by Gasteiger charge is -2.15. The van der Waals surface area contributed by atoms with Crippen LogP contribution < -0.4 is 16.4 Å². The predicted octanol–water partition coefficient (Wildman–Crippen LogP) is 0.584. The molecule has 2 atom stereocenters. The predicted molar refractivity (Wildman–Crippen MR) is 102 cm³/mol. The number of primary amides is 1. The van der Waals surface area contributed by atoms with Crippen LogP contribution in [0.25, 0.3) is 0 Å². The fourth-order valence-corrected chi connectivity index (χ4v) is 3.44. The highest BCUT2D eigenvalue weighted by atomic mass is 32.2. The summed E-state index contributed by atoms with van der Waals surface area (Å²) in [6.07, 6.45) is 0.134. The minimum atomic E-state index is -1.30. The Kier molecular flexibility index (Phi) is 7.69. The molecule has 0 radical (unpaired) electrons. The zero-order valence-electron chi connectivity index (χ0n) is 14.6. The first kappa shape index (κ1) is 20.3. The second kappa shape index (κ2) is 10.2. The van der Waals surface area contributed by atoms with Crippen LogP contribution in [0.5, 0.6) is 0 Å². The molecular weight excluding hydrogens is 366 g/mol. The number of hydrogen-bond acceptors (Lipinski definition) is 4. The molecule has 0 saturated carbocycles. The van der Waals surface area contributed by atoms with Crippen LogP contribution in [-0.4, -0.2) is 40.3 Å². The molecule has 0 unspecified atom stereocenters. The van der Waals surface area contributed by atoms with E-state index in [1.807, 2.05) is 6.07 Å². The van der Waals surface area contributed by atoms with E-state index < -0.39 is 34.6 Å². The van der Waals surface area contributed by atoms with Gasteiger partial charge >= 0.3 is 0 Å². The molecule has 0 spiro atoms. The highest BCUT2D eigenvalue weighted by Gasteiger charge is 2.19. The summed E-state index contributed by atoms with van der Waals surface area (Å²) in [7, 11) is -1.30. The van der Waals surface area contributed by atoms with E-state index in [0.717, 1.165) is 0 Å². The Morgan fingerprint density at radius 3 is 2.15 bits per heavy atom. The molecule has 3 amide bonds. The van der Waals surface area contributed by atoms with Crippen molar-refractivity contribution in [2.75, 3.05) is 12.3 Å². The smallest absolute Gasteiger partial charge is 0.251 e. The maximum atomic E-state index is 12.2. The molecule has 0 bridgehead atoms. The second-order valence-electron chi connectivity index (χ2n) is 5.72. The zero-order valence-corrected chi connectivity index (χ0v) is 15.4. The Hall–Kier alpha value is -3.00. The van der Waals surface area contributed by atoms with E-state index in [9.17, 15) is 18.6 Å². The number of nitrogens with two attached hydrogens (primary N) is 1. The van der Waals surface area contributed by atoms with Gasteiger partial charge in [0.25, 0.3) is 5.91 Å². The molecule has 8 heteroatoms. The van der Waals surface area contributed by atoms with Crippen LogP contribution in [-0.2, 0) is 20.4 Å². The lowest BCUT2D eigenvalue weighted by molar-refractivity contribution is -0.126. The summed E-state index contributed by atoms with van der Waals surface area (Å²) in [5, 5.41) is 4.94. The van der Waals surface area contributed by atoms with E-state index in [1.54, 1.807) is 54.6 Å². The molecule has 27 heavy (non-hydrogen) atoms. The molecule has 0 fully saturated rings. The Morgan fingerprint density at radius 1 is 0.963 bits per heavy atom. The summed E-state index contributed by atoms with van der Waals surface area (Å²) < 4.78 is 12.2. The highest BCUT2D eigenvalue weighted by molar-refractivity contribution is 7.85. The molecule has 0 aromatic heterocycles. The molecule has 0 aliphatic carbocycles. The largest absolute Gasteiger partial charge is 0.368 e. The summed E-state index contributed by atoms with van der Waals surface area (Å²) in [6, 6.07) is 16.3. The van der Waals surface area contributed by atoms with Crippen molar-refractivity contribution in [2.45, 2.75) is 17.4 Å². The van der Waals surface area contributed by atoms with Crippen molar-refractivity contribution in [2.24, 2.45) is 5.73 Å². The molecule has 0 heterocycles. The first-order valence-corrected chi connectivity index (χ1v) is 9.64. The third-order valence-corrected chi connectivity index (χ3v) is 5.13. The van der Waals surface area contributed by atoms with Crippen LogP contribution in [0.4, 0.5) is 0 Å². The van der Waals surface area contributed by atoms with Crippen LogP contribution in [0.15, 0.2) is 65.6 Å². The van der Waals surface area contributed by atoms with Crippen molar-refractivity contribution in [3.05, 3.63) is 66.2 Å². The van der Waals surface area contributed by atoms with Gasteiger partial charge in [-0.3, -0.25) is 18.6 Å². The van der Waals surface area contributed by atoms with Crippen molar-refractivity contribution >= 4 is 28.5 Å². The van der Waals surface area contributed by atoms with Crippen LogP contribution in [0, 0.1) is 0 Å². The quantitative estimate of drug-likeness (QED) is 0.583. The van der Waals surface area contributed by atoms with Gasteiger partial charge in [-0.2, -0.15) is 0 Å². The number of carbonyl (C=O) groups is 3. The van der Waals surface area contributed by atoms with Crippen molar-refractivity contribution < 1.29 is 18.6 Å². The summed E-state index contributed by atoms with van der Waals surface area (Å²) in [5.74, 6) is -1.49. The van der Waals surface area contributed by atoms with E-state index in [2.05, 4.69) is 10.6 Å². The molecule has 4 N–H and O–H groups in total. The van der Waals surface area contributed by atoms with E-state index in [1.165, 1.54) is 0 Å². The monoisotopic (exact) mass is 387 g/mol. The average molecular weight is 387 g/mol. The van der Waals surface area contributed by atoms with Crippen LogP contribution in [0.3, 0.4) is 0 Å². The fourth-order valence-electron chi connectivity index (χ4n) is 2.30. The Bertz CT molecular complexity index is 812. The fraction of sp³-hybridized carbons (Fsp3) is 0.211. The maximum absolute atomic E-state index is 12.2. The number of nitrogens with one attached hydrogen (secondary N) is 2. The van der Waals surface area contributed by atoms with Gasteiger partial charge in [0.15, 0.2) is 0 Å². The van der Waals surface area contributed by atoms with Crippen LogP contribution in [0.2, 0.25) is 0 Å². The van der Waals surface area contributed by atoms with Gasteiger partial charge in [-0.05, 0) is 30.7 Å². The maximum Gasteiger partial charge on any atom is 0.251 e. The molecule has 2 rings (SSSR count). The van der Waals surface area contributed by atoms with Crippen molar-refractivity contribution in [3.63, 3.8) is 0 Å². The number of benzene rings is 2. The number of carbonyl (C=O) groups excluding carboxylic acids is 3. The van der Waals surface area contributed by atoms with E-state index in [0.29, 0.717) is 10.5 Å². The molecule has 2 aromatic carbocycles. The van der Waals surface area contributed by atoms with Gasteiger partial charge in [-0.15, -0.1) is 0 Å². The minimum Gasteiger partial charge on any atom is -0.368 e. The van der Waals surface area contributed by atoms with Gasteiger partial charge in [0.2, 0.25) is 11.8 Å². The summed E-state index contributed by atoms with van der Waals surface area (Å²) >= 11 is 0. The lowest BCUT2D eigenvalue weighted by atomic mass is 10.2. The molecule has 142 valence electrons. The Balaban J connectivity index is 1.82. The summed E-state index contributed by atoms with van der Waals surface area (Å²) in [4.78, 5) is 36.1. The third kappa shape index (κ3) is 6.67. The minimum absolute atomic E-state index is 0.134. The molecule has 7 nitrogen and oxygen atoms in total. The second-order valence-corrected chi connectivity index (χ2v) is 7.29. The molecule has 0 aliphatic rings. The van der Waals surface area contributed by atoms with Gasteiger partial charge in [-0.25, -0.2) is 0 Å². The van der Waals surface area contributed by atoms with Crippen LogP contribution in [0.1, 0.15) is 16.8 Å².